The van der Waals surface area contributed by atoms with E-state index in [4.69, 9.17) is 0 Å². The number of carbonyl (C=O) groups excluding carboxylic acids is 1. The van der Waals surface area contributed by atoms with Crippen LogP contribution < -0.4 is 10.9 Å². The molecule has 22 heavy (non-hydrogen) atoms. The summed E-state index contributed by atoms with van der Waals surface area (Å²) in [5.74, 6) is -0.414. The van der Waals surface area contributed by atoms with Gasteiger partial charge in [-0.05, 0) is 19.1 Å². The molecule has 0 spiro atoms. The molecule has 0 fully saturated rings. The number of hydrogen-bond acceptors (Lipinski definition) is 5. The highest BCUT2D eigenvalue weighted by Crippen LogP contribution is 2.07. The Morgan fingerprint density at radius 2 is 2.27 bits per heavy atom. The molecule has 0 radical (unpaired) electrons. The van der Waals surface area contributed by atoms with E-state index in [1.807, 2.05) is 12.3 Å². The zero-order valence-corrected chi connectivity index (χ0v) is 12.8. The van der Waals surface area contributed by atoms with Gasteiger partial charge >= 0.3 is 0 Å². The number of amides is 1. The van der Waals surface area contributed by atoms with E-state index in [-0.39, 0.29) is 11.1 Å². The van der Waals surface area contributed by atoms with Crippen LogP contribution >= 0.6 is 11.3 Å². The molecule has 0 atom stereocenters. The highest BCUT2D eigenvalue weighted by molar-refractivity contribution is 7.09. The van der Waals surface area contributed by atoms with Crippen LogP contribution in [-0.2, 0) is 6.42 Å². The highest BCUT2D eigenvalue weighted by atomic mass is 32.1. The molecule has 3 rings (SSSR count). The van der Waals surface area contributed by atoms with Crippen LogP contribution in [-0.4, -0.2) is 26.8 Å². The standard InChI is InChI=1S/C15H14N4O2S/c1-10-18-11(9-22-10)5-6-16-14(20)12-8-17-13-4-2-3-7-19(13)15(12)21/h2-4,7-9H,5-6H2,1H3,(H,16,20). The third-order valence-corrected chi connectivity index (χ3v) is 4.01. The molecule has 3 aromatic heterocycles. The van der Waals surface area contributed by atoms with Gasteiger partial charge in [-0.15, -0.1) is 11.3 Å². The number of thiazole rings is 1. The minimum absolute atomic E-state index is 0.0400. The Bertz CT molecular complexity index is 884. The largest absolute Gasteiger partial charge is 0.351 e. The van der Waals surface area contributed by atoms with Crippen molar-refractivity contribution in [3.63, 3.8) is 0 Å². The van der Waals surface area contributed by atoms with E-state index >= 15 is 0 Å². The van der Waals surface area contributed by atoms with Crippen LogP contribution in [0.1, 0.15) is 21.1 Å². The van der Waals surface area contributed by atoms with E-state index in [0.717, 1.165) is 10.7 Å². The molecule has 0 aliphatic rings. The minimum Gasteiger partial charge on any atom is -0.351 e. The molecule has 0 unspecified atom stereocenters. The molecule has 0 bridgehead atoms. The molecule has 0 aliphatic heterocycles. The molecule has 6 nitrogen and oxygen atoms in total. The lowest BCUT2D eigenvalue weighted by atomic mass is 10.3. The van der Waals surface area contributed by atoms with Crippen molar-refractivity contribution in [3.05, 3.63) is 62.6 Å². The molecular weight excluding hydrogens is 300 g/mol. The summed E-state index contributed by atoms with van der Waals surface area (Å²) in [5.41, 5.74) is 1.13. The van der Waals surface area contributed by atoms with Gasteiger partial charge in [0.25, 0.3) is 11.5 Å². The van der Waals surface area contributed by atoms with Crippen molar-refractivity contribution in [1.29, 1.82) is 0 Å². The summed E-state index contributed by atoms with van der Waals surface area (Å²) in [7, 11) is 0. The van der Waals surface area contributed by atoms with Gasteiger partial charge in [-0.1, -0.05) is 6.07 Å². The summed E-state index contributed by atoms with van der Waals surface area (Å²) in [6, 6.07) is 5.23. The van der Waals surface area contributed by atoms with E-state index in [2.05, 4.69) is 15.3 Å². The highest BCUT2D eigenvalue weighted by Gasteiger charge is 2.12. The first-order chi connectivity index (χ1) is 10.6. The maximum atomic E-state index is 12.3. The molecule has 3 heterocycles. The SMILES string of the molecule is Cc1nc(CCNC(=O)c2cnc3ccccn3c2=O)cs1. The predicted molar refractivity (Wildman–Crippen MR) is 84.4 cm³/mol. The lowest BCUT2D eigenvalue weighted by molar-refractivity contribution is 0.0952. The van der Waals surface area contributed by atoms with Gasteiger partial charge in [-0.25, -0.2) is 9.97 Å². The van der Waals surface area contributed by atoms with Crippen LogP contribution in [0.15, 0.2) is 40.8 Å². The fourth-order valence-electron chi connectivity index (χ4n) is 2.10. The van der Waals surface area contributed by atoms with Crippen LogP contribution in [0.4, 0.5) is 0 Å². The molecule has 3 aromatic rings. The Morgan fingerprint density at radius 3 is 3.05 bits per heavy atom. The number of nitrogens with one attached hydrogen (secondary N) is 1. The van der Waals surface area contributed by atoms with Gasteiger partial charge in [0.1, 0.15) is 11.2 Å². The van der Waals surface area contributed by atoms with Crippen molar-refractivity contribution in [1.82, 2.24) is 19.7 Å². The quantitative estimate of drug-likeness (QED) is 0.790. The number of carbonyl (C=O) groups is 1. The molecule has 0 aliphatic carbocycles. The molecule has 112 valence electrons. The lowest BCUT2D eigenvalue weighted by Gasteiger charge is -2.05. The number of pyridine rings is 1. The number of fused-ring (bicyclic) bond motifs is 1. The maximum Gasteiger partial charge on any atom is 0.270 e. The summed E-state index contributed by atoms with van der Waals surface area (Å²) in [4.78, 5) is 32.8. The van der Waals surface area contributed by atoms with Gasteiger partial charge in [0.15, 0.2) is 0 Å². The summed E-state index contributed by atoms with van der Waals surface area (Å²) in [5, 5.41) is 5.70. The topological polar surface area (TPSA) is 76.4 Å². The maximum absolute atomic E-state index is 12.3. The number of rotatable bonds is 4. The van der Waals surface area contributed by atoms with E-state index in [1.165, 1.54) is 10.6 Å². The first kappa shape index (κ1) is 14.4. The number of nitrogens with zero attached hydrogens (tertiary/aromatic N) is 3. The molecule has 7 heteroatoms. The summed E-state index contributed by atoms with van der Waals surface area (Å²) >= 11 is 1.58. The first-order valence-electron chi connectivity index (χ1n) is 6.81. The summed E-state index contributed by atoms with van der Waals surface area (Å²) in [6.45, 7) is 2.37. The van der Waals surface area contributed by atoms with Gasteiger partial charge in [-0.2, -0.15) is 0 Å². The van der Waals surface area contributed by atoms with Crippen LogP contribution in [0.25, 0.3) is 5.65 Å². The average molecular weight is 314 g/mol. The Balaban J connectivity index is 1.72. The molecule has 0 aromatic carbocycles. The van der Waals surface area contributed by atoms with Gasteiger partial charge in [-0.3, -0.25) is 14.0 Å². The Morgan fingerprint density at radius 1 is 1.41 bits per heavy atom. The van der Waals surface area contributed by atoms with Crippen LogP contribution in [0.3, 0.4) is 0 Å². The third-order valence-electron chi connectivity index (χ3n) is 3.19. The third kappa shape index (κ3) is 2.89. The first-order valence-corrected chi connectivity index (χ1v) is 7.69. The molecule has 1 N–H and O–H groups in total. The number of aryl methyl sites for hydroxylation is 1. The fraction of sp³-hybridized carbons (Fsp3) is 0.200. The van der Waals surface area contributed by atoms with E-state index < -0.39 is 5.91 Å². The van der Waals surface area contributed by atoms with E-state index in [9.17, 15) is 9.59 Å². The number of hydrogen-bond donors (Lipinski definition) is 1. The fourth-order valence-corrected chi connectivity index (χ4v) is 2.75. The van der Waals surface area contributed by atoms with Crippen molar-refractivity contribution < 1.29 is 4.79 Å². The monoisotopic (exact) mass is 314 g/mol. The van der Waals surface area contributed by atoms with Crippen LogP contribution in [0.5, 0.6) is 0 Å². The van der Waals surface area contributed by atoms with Gasteiger partial charge in [0.05, 0.1) is 10.7 Å². The minimum atomic E-state index is -0.414. The Kier molecular flexibility index (Phi) is 3.97. The molecule has 0 saturated heterocycles. The van der Waals surface area contributed by atoms with Crippen molar-refractivity contribution in [3.8, 4) is 0 Å². The summed E-state index contributed by atoms with van der Waals surface area (Å²) < 4.78 is 1.36. The molecular formula is C15H14N4O2S. The molecule has 0 saturated carbocycles. The van der Waals surface area contributed by atoms with Crippen molar-refractivity contribution in [2.75, 3.05) is 6.54 Å². The average Bonchev–Trinajstić information content (AvgIpc) is 2.93. The summed E-state index contributed by atoms with van der Waals surface area (Å²) in [6.07, 6.45) is 3.55. The zero-order valence-electron chi connectivity index (χ0n) is 11.9. The molecule has 1 amide bonds. The van der Waals surface area contributed by atoms with Crippen molar-refractivity contribution in [2.24, 2.45) is 0 Å². The van der Waals surface area contributed by atoms with Crippen LogP contribution in [0.2, 0.25) is 0 Å². The van der Waals surface area contributed by atoms with Gasteiger partial charge in [0.2, 0.25) is 0 Å². The second-order valence-electron chi connectivity index (χ2n) is 4.77. The van der Waals surface area contributed by atoms with Crippen molar-refractivity contribution in [2.45, 2.75) is 13.3 Å². The normalized spacial score (nSPS) is 10.8. The van der Waals surface area contributed by atoms with Crippen molar-refractivity contribution >= 4 is 22.9 Å². The van der Waals surface area contributed by atoms with Gasteiger partial charge < -0.3 is 5.32 Å². The lowest BCUT2D eigenvalue weighted by Crippen LogP contribution is -2.32. The van der Waals surface area contributed by atoms with Gasteiger partial charge in [0, 0.05) is 30.7 Å². The Hall–Kier alpha value is -2.54. The van der Waals surface area contributed by atoms with Crippen LogP contribution in [0, 0.1) is 6.92 Å². The smallest absolute Gasteiger partial charge is 0.270 e. The van der Waals surface area contributed by atoms with E-state index in [0.29, 0.717) is 18.6 Å². The van der Waals surface area contributed by atoms with E-state index in [1.54, 1.807) is 35.7 Å². The predicted octanol–water partition coefficient (Wildman–Crippen LogP) is 1.43. The Labute approximate surface area is 130 Å². The second kappa shape index (κ2) is 6.07. The zero-order chi connectivity index (χ0) is 15.5. The number of aromatic nitrogens is 3. The second-order valence-corrected chi connectivity index (χ2v) is 5.83.